The normalized spacial score (nSPS) is 15.4. The van der Waals surface area contributed by atoms with E-state index in [0.717, 1.165) is 42.9 Å². The van der Waals surface area contributed by atoms with E-state index in [0.29, 0.717) is 12.3 Å². The van der Waals surface area contributed by atoms with Crippen molar-refractivity contribution in [2.24, 2.45) is 0 Å². The summed E-state index contributed by atoms with van der Waals surface area (Å²) >= 11 is 0. The van der Waals surface area contributed by atoms with Crippen LogP contribution in [0, 0.1) is 0 Å². The number of hydrogen-bond donors (Lipinski definition) is 1. The molecule has 0 radical (unpaired) electrons. The van der Waals surface area contributed by atoms with Gasteiger partial charge in [-0.1, -0.05) is 36.8 Å². The minimum Gasteiger partial charge on any atom is -0.383 e. The van der Waals surface area contributed by atoms with Crippen LogP contribution >= 0.6 is 0 Å². The largest absolute Gasteiger partial charge is 0.383 e. The Morgan fingerprint density at radius 2 is 2.08 bits per heavy atom. The molecule has 1 aliphatic rings. The molecule has 0 unspecified atom stereocenters. The maximum absolute atomic E-state index is 12.7. The molecule has 0 fully saturated rings. The molecule has 0 saturated carbocycles. The summed E-state index contributed by atoms with van der Waals surface area (Å²) in [5.74, 6) is 0.796. The second-order valence-corrected chi connectivity index (χ2v) is 6.39. The quantitative estimate of drug-likeness (QED) is 0.918. The van der Waals surface area contributed by atoms with E-state index >= 15 is 0 Å². The first-order valence-electron chi connectivity index (χ1n) is 8.65. The van der Waals surface area contributed by atoms with Gasteiger partial charge in [0.05, 0.1) is 12.3 Å². The first-order chi connectivity index (χ1) is 11.7. The number of aromatic nitrogens is 2. The summed E-state index contributed by atoms with van der Waals surface area (Å²) in [5.41, 5.74) is 2.69. The molecule has 1 atom stereocenters. The molecule has 128 valence electrons. The average Bonchev–Trinajstić information content (AvgIpc) is 2.77. The second-order valence-electron chi connectivity index (χ2n) is 6.39. The number of nitrogens with zero attached hydrogens (tertiary/aromatic N) is 2. The lowest BCUT2D eigenvalue weighted by atomic mass is 10.1. The van der Waals surface area contributed by atoms with Crippen LogP contribution in [-0.2, 0) is 17.7 Å². The highest BCUT2D eigenvalue weighted by atomic mass is 16.5. The number of benzene rings is 1. The van der Waals surface area contributed by atoms with Gasteiger partial charge in [-0.15, -0.1) is 0 Å². The summed E-state index contributed by atoms with van der Waals surface area (Å²) in [4.78, 5) is 17.4. The highest BCUT2D eigenvalue weighted by Gasteiger charge is 2.24. The van der Waals surface area contributed by atoms with Crippen molar-refractivity contribution in [1.82, 2.24) is 14.9 Å². The molecule has 1 aromatic carbocycles. The lowest BCUT2D eigenvalue weighted by Crippen LogP contribution is -2.36. The van der Waals surface area contributed by atoms with Crippen LogP contribution in [0.3, 0.4) is 0 Å². The van der Waals surface area contributed by atoms with Gasteiger partial charge in [-0.3, -0.25) is 4.79 Å². The molecule has 3 rings (SSSR count). The molecule has 0 bridgehead atoms. The smallest absolute Gasteiger partial charge is 0.272 e. The zero-order valence-electron chi connectivity index (χ0n) is 14.4. The van der Waals surface area contributed by atoms with E-state index in [1.165, 1.54) is 6.42 Å². The molecular formula is C19H25N3O2. The number of methoxy groups -OCH3 is 1. The van der Waals surface area contributed by atoms with Gasteiger partial charge in [-0.25, -0.2) is 4.98 Å². The minimum absolute atomic E-state index is 0.0363. The number of amides is 1. The number of hydrogen-bond acceptors (Lipinski definition) is 3. The number of rotatable bonds is 5. The molecule has 0 spiro atoms. The SMILES string of the molecule is COC[C@@H](C)NC(=O)c1nc(-c2ccccc2)n2c1CCCCC2. The van der Waals surface area contributed by atoms with Crippen LogP contribution in [0.5, 0.6) is 0 Å². The van der Waals surface area contributed by atoms with Crippen molar-refractivity contribution >= 4 is 5.91 Å². The molecule has 2 aromatic rings. The number of carbonyl (C=O) groups excluding carboxylic acids is 1. The van der Waals surface area contributed by atoms with E-state index in [4.69, 9.17) is 9.72 Å². The number of nitrogens with one attached hydrogen (secondary N) is 1. The first-order valence-corrected chi connectivity index (χ1v) is 8.65. The van der Waals surface area contributed by atoms with Gasteiger partial charge in [-0.05, 0) is 26.2 Å². The van der Waals surface area contributed by atoms with Crippen LogP contribution in [0.25, 0.3) is 11.4 Å². The molecular weight excluding hydrogens is 302 g/mol. The second kappa shape index (κ2) is 7.62. The monoisotopic (exact) mass is 327 g/mol. The van der Waals surface area contributed by atoms with Crippen molar-refractivity contribution in [3.63, 3.8) is 0 Å². The van der Waals surface area contributed by atoms with Crippen LogP contribution in [-0.4, -0.2) is 35.2 Å². The Morgan fingerprint density at radius 1 is 1.29 bits per heavy atom. The lowest BCUT2D eigenvalue weighted by Gasteiger charge is -2.12. The van der Waals surface area contributed by atoms with Gasteiger partial charge in [0.1, 0.15) is 11.5 Å². The standard InChI is InChI=1S/C19H25N3O2/c1-14(13-24-2)20-19(23)17-16-11-7-4-8-12-22(16)18(21-17)15-9-5-3-6-10-15/h3,5-6,9-10,14H,4,7-8,11-13H2,1-2H3,(H,20,23)/t14-/m1/s1. The van der Waals surface area contributed by atoms with Gasteiger partial charge in [0, 0.05) is 25.3 Å². The van der Waals surface area contributed by atoms with E-state index in [1.807, 2.05) is 25.1 Å². The van der Waals surface area contributed by atoms with Crippen molar-refractivity contribution < 1.29 is 9.53 Å². The van der Waals surface area contributed by atoms with Crippen LogP contribution in [0.2, 0.25) is 0 Å². The predicted molar refractivity (Wildman–Crippen MR) is 94.0 cm³/mol. The third kappa shape index (κ3) is 3.51. The molecule has 5 nitrogen and oxygen atoms in total. The lowest BCUT2D eigenvalue weighted by molar-refractivity contribution is 0.0900. The van der Waals surface area contributed by atoms with Gasteiger partial charge in [0.2, 0.25) is 0 Å². The van der Waals surface area contributed by atoms with Gasteiger partial charge < -0.3 is 14.6 Å². The summed E-state index contributed by atoms with van der Waals surface area (Å²) in [5, 5.41) is 2.99. The fourth-order valence-corrected chi connectivity index (χ4v) is 3.29. The fraction of sp³-hybridized carbons (Fsp3) is 0.474. The van der Waals surface area contributed by atoms with Gasteiger partial charge >= 0.3 is 0 Å². The summed E-state index contributed by atoms with van der Waals surface area (Å²) in [6.07, 6.45) is 4.33. The molecule has 1 aliphatic heterocycles. The van der Waals surface area contributed by atoms with Gasteiger partial charge in [0.15, 0.2) is 0 Å². The summed E-state index contributed by atoms with van der Waals surface area (Å²) < 4.78 is 7.34. The maximum atomic E-state index is 12.7. The van der Waals surface area contributed by atoms with Gasteiger partial charge in [-0.2, -0.15) is 0 Å². The molecule has 2 heterocycles. The molecule has 1 aromatic heterocycles. The average molecular weight is 327 g/mol. The number of carbonyl (C=O) groups is 1. The van der Waals surface area contributed by atoms with Crippen molar-refractivity contribution in [2.45, 2.75) is 45.2 Å². The minimum atomic E-state index is -0.104. The Kier molecular flexibility index (Phi) is 5.30. The molecule has 5 heteroatoms. The van der Waals surface area contributed by atoms with E-state index in [1.54, 1.807) is 7.11 Å². The van der Waals surface area contributed by atoms with E-state index in [-0.39, 0.29) is 11.9 Å². The Morgan fingerprint density at radius 3 is 2.83 bits per heavy atom. The zero-order chi connectivity index (χ0) is 16.9. The van der Waals surface area contributed by atoms with Crippen molar-refractivity contribution in [1.29, 1.82) is 0 Å². The van der Waals surface area contributed by atoms with Crippen LogP contribution in [0.4, 0.5) is 0 Å². The van der Waals surface area contributed by atoms with Crippen molar-refractivity contribution in [3.8, 4) is 11.4 Å². The first kappa shape index (κ1) is 16.7. The van der Waals surface area contributed by atoms with E-state index in [2.05, 4.69) is 22.0 Å². The Labute approximate surface area is 143 Å². The molecule has 1 N–H and O–H groups in total. The zero-order valence-corrected chi connectivity index (χ0v) is 14.4. The number of ether oxygens (including phenoxy) is 1. The van der Waals surface area contributed by atoms with E-state index in [9.17, 15) is 4.79 Å². The van der Waals surface area contributed by atoms with Gasteiger partial charge in [0.25, 0.3) is 5.91 Å². The van der Waals surface area contributed by atoms with Crippen LogP contribution in [0.1, 0.15) is 42.4 Å². The van der Waals surface area contributed by atoms with Crippen LogP contribution < -0.4 is 5.32 Å². The Hall–Kier alpha value is -2.14. The van der Waals surface area contributed by atoms with E-state index < -0.39 is 0 Å². The van der Waals surface area contributed by atoms with Crippen LogP contribution in [0.15, 0.2) is 30.3 Å². The number of fused-ring (bicyclic) bond motifs is 1. The summed E-state index contributed by atoms with van der Waals surface area (Å²) in [6.45, 7) is 3.36. The summed E-state index contributed by atoms with van der Waals surface area (Å²) in [7, 11) is 1.64. The highest BCUT2D eigenvalue weighted by molar-refractivity contribution is 5.94. The predicted octanol–water partition coefficient (Wildman–Crippen LogP) is 3.04. The molecule has 24 heavy (non-hydrogen) atoms. The maximum Gasteiger partial charge on any atom is 0.272 e. The summed E-state index contributed by atoms with van der Waals surface area (Å²) in [6, 6.07) is 10.1. The highest BCUT2D eigenvalue weighted by Crippen LogP contribution is 2.27. The number of imidazole rings is 1. The Balaban J connectivity index is 1.97. The van der Waals surface area contributed by atoms with Crippen molar-refractivity contribution in [2.75, 3.05) is 13.7 Å². The molecule has 1 amide bonds. The fourth-order valence-electron chi connectivity index (χ4n) is 3.29. The molecule has 0 saturated heterocycles. The topological polar surface area (TPSA) is 56.1 Å². The Bertz CT molecular complexity index is 694. The molecule has 0 aliphatic carbocycles. The van der Waals surface area contributed by atoms with Crippen molar-refractivity contribution in [3.05, 3.63) is 41.7 Å². The third-order valence-corrected chi connectivity index (χ3v) is 4.41. The third-order valence-electron chi connectivity index (χ3n) is 4.41.